The number of para-hydroxylation sites is 2. The van der Waals surface area contributed by atoms with Gasteiger partial charge in [-0.2, -0.15) is 0 Å². The molecule has 3 heteroatoms. The molecule has 0 unspecified atom stereocenters. The van der Waals surface area contributed by atoms with Crippen molar-refractivity contribution in [2.24, 2.45) is 0 Å². The van der Waals surface area contributed by atoms with Gasteiger partial charge in [-0.15, -0.1) is 0 Å². The van der Waals surface area contributed by atoms with Crippen molar-refractivity contribution >= 4 is 11.5 Å². The second kappa shape index (κ2) is 6.40. The predicted molar refractivity (Wildman–Crippen MR) is 76.5 cm³/mol. The first kappa shape index (κ1) is 12.9. The topological polar surface area (TPSA) is 38.3 Å². The van der Waals surface area contributed by atoms with Crippen LogP contribution in [0, 0.1) is 0 Å². The molecule has 3 nitrogen and oxygen atoms in total. The third-order valence-electron chi connectivity index (χ3n) is 2.64. The Morgan fingerprint density at radius 3 is 2.47 bits per heavy atom. The third kappa shape index (κ3) is 3.45. The predicted octanol–water partition coefficient (Wildman–Crippen LogP) is 3.50. The largest absolute Gasteiger partial charge is 0.495 e. The summed E-state index contributed by atoms with van der Waals surface area (Å²) in [4.78, 5) is 11.8. The highest BCUT2D eigenvalue weighted by molar-refractivity contribution is 6.04. The van der Waals surface area contributed by atoms with Gasteiger partial charge in [0.05, 0.1) is 12.8 Å². The second-order valence-electron chi connectivity index (χ2n) is 3.91. The zero-order valence-electron chi connectivity index (χ0n) is 10.7. The number of ether oxygens (including phenoxy) is 1. The molecule has 19 heavy (non-hydrogen) atoms. The summed E-state index contributed by atoms with van der Waals surface area (Å²) in [6.07, 6.45) is 3.12. The lowest BCUT2D eigenvalue weighted by molar-refractivity contribution is 0.104. The van der Waals surface area contributed by atoms with Crippen molar-refractivity contribution in [2.45, 2.75) is 0 Å². The Morgan fingerprint density at radius 1 is 1.05 bits per heavy atom. The van der Waals surface area contributed by atoms with Gasteiger partial charge in [0.1, 0.15) is 5.75 Å². The van der Waals surface area contributed by atoms with Crippen LogP contribution < -0.4 is 10.1 Å². The molecule has 0 saturated carbocycles. The average Bonchev–Trinajstić information content (AvgIpc) is 2.48. The van der Waals surface area contributed by atoms with E-state index in [1.54, 1.807) is 25.4 Å². The van der Waals surface area contributed by atoms with Crippen molar-refractivity contribution in [1.82, 2.24) is 0 Å². The number of carbonyl (C=O) groups is 1. The number of ketones is 1. The highest BCUT2D eigenvalue weighted by Gasteiger charge is 2.00. The Labute approximate surface area is 112 Å². The van der Waals surface area contributed by atoms with E-state index in [1.165, 1.54) is 6.08 Å². The lowest BCUT2D eigenvalue weighted by Crippen LogP contribution is -1.97. The van der Waals surface area contributed by atoms with Crippen LogP contribution in [-0.4, -0.2) is 12.9 Å². The summed E-state index contributed by atoms with van der Waals surface area (Å²) in [6, 6.07) is 16.7. The molecule has 0 aromatic heterocycles. The zero-order valence-corrected chi connectivity index (χ0v) is 10.7. The molecule has 0 radical (unpaired) electrons. The van der Waals surface area contributed by atoms with Crippen LogP contribution in [0.1, 0.15) is 10.4 Å². The molecule has 0 saturated heterocycles. The van der Waals surface area contributed by atoms with Crippen molar-refractivity contribution < 1.29 is 9.53 Å². The van der Waals surface area contributed by atoms with Gasteiger partial charge in [0.15, 0.2) is 5.78 Å². The van der Waals surface area contributed by atoms with Gasteiger partial charge in [-0.1, -0.05) is 42.5 Å². The quantitative estimate of drug-likeness (QED) is 0.654. The molecular weight excluding hydrogens is 238 g/mol. The first-order valence-corrected chi connectivity index (χ1v) is 5.97. The molecule has 0 aliphatic heterocycles. The average molecular weight is 253 g/mol. The summed E-state index contributed by atoms with van der Waals surface area (Å²) < 4.78 is 5.21. The molecule has 2 aromatic carbocycles. The number of carbonyl (C=O) groups excluding carboxylic acids is 1. The number of methoxy groups -OCH3 is 1. The molecule has 0 aliphatic rings. The standard InChI is InChI=1S/C16H15NO2/c1-19-16-10-6-5-9-14(16)17-12-11-15(18)13-7-3-2-4-8-13/h2-12,17H,1H3/b12-11+. The van der Waals surface area contributed by atoms with Crippen LogP contribution in [0.5, 0.6) is 5.75 Å². The van der Waals surface area contributed by atoms with E-state index >= 15 is 0 Å². The summed E-state index contributed by atoms with van der Waals surface area (Å²) in [6.45, 7) is 0. The van der Waals surface area contributed by atoms with E-state index in [4.69, 9.17) is 4.74 Å². The van der Waals surface area contributed by atoms with E-state index in [1.807, 2.05) is 42.5 Å². The Balaban J connectivity index is 2.02. The smallest absolute Gasteiger partial charge is 0.187 e. The van der Waals surface area contributed by atoms with Gasteiger partial charge in [-0.05, 0) is 12.1 Å². The van der Waals surface area contributed by atoms with Crippen molar-refractivity contribution in [1.29, 1.82) is 0 Å². The van der Waals surface area contributed by atoms with Crippen LogP contribution in [0.4, 0.5) is 5.69 Å². The maximum atomic E-state index is 11.8. The first-order chi connectivity index (χ1) is 9.31. The van der Waals surface area contributed by atoms with Gasteiger partial charge >= 0.3 is 0 Å². The van der Waals surface area contributed by atoms with Crippen molar-refractivity contribution in [3.63, 3.8) is 0 Å². The van der Waals surface area contributed by atoms with E-state index in [0.717, 1.165) is 11.4 Å². The molecule has 0 spiro atoms. The van der Waals surface area contributed by atoms with E-state index < -0.39 is 0 Å². The fraction of sp³-hybridized carbons (Fsp3) is 0.0625. The van der Waals surface area contributed by atoms with Crippen molar-refractivity contribution in [3.05, 3.63) is 72.4 Å². The second-order valence-corrected chi connectivity index (χ2v) is 3.91. The number of anilines is 1. The molecule has 2 rings (SSSR count). The molecule has 1 N–H and O–H groups in total. The summed E-state index contributed by atoms with van der Waals surface area (Å²) in [5, 5.41) is 3.04. The molecule has 0 heterocycles. The van der Waals surface area contributed by atoms with Crippen molar-refractivity contribution in [3.8, 4) is 5.75 Å². The highest BCUT2D eigenvalue weighted by atomic mass is 16.5. The van der Waals surface area contributed by atoms with Crippen LogP contribution in [0.2, 0.25) is 0 Å². The molecule has 96 valence electrons. The van der Waals surface area contributed by atoms with Crippen LogP contribution >= 0.6 is 0 Å². The molecule has 2 aromatic rings. The fourth-order valence-corrected chi connectivity index (χ4v) is 1.67. The minimum Gasteiger partial charge on any atom is -0.495 e. The Bertz CT molecular complexity index is 576. The highest BCUT2D eigenvalue weighted by Crippen LogP contribution is 2.22. The van der Waals surface area contributed by atoms with E-state index in [9.17, 15) is 4.79 Å². The molecular formula is C16H15NO2. The molecule has 0 atom stereocenters. The number of allylic oxidation sites excluding steroid dienone is 1. The number of hydrogen-bond acceptors (Lipinski definition) is 3. The minimum atomic E-state index is -0.0389. The third-order valence-corrected chi connectivity index (χ3v) is 2.64. The van der Waals surface area contributed by atoms with Crippen LogP contribution in [-0.2, 0) is 0 Å². The summed E-state index contributed by atoms with van der Waals surface area (Å²) >= 11 is 0. The number of hydrogen-bond donors (Lipinski definition) is 1. The molecule has 0 bridgehead atoms. The molecule has 0 amide bonds. The van der Waals surface area contributed by atoms with Crippen LogP contribution in [0.15, 0.2) is 66.9 Å². The molecule has 0 aliphatic carbocycles. The number of benzene rings is 2. The van der Waals surface area contributed by atoms with Gasteiger partial charge in [-0.3, -0.25) is 4.79 Å². The summed E-state index contributed by atoms with van der Waals surface area (Å²) in [5.74, 6) is 0.697. The Hall–Kier alpha value is -2.55. The van der Waals surface area contributed by atoms with Gasteiger partial charge in [-0.25, -0.2) is 0 Å². The lowest BCUT2D eigenvalue weighted by atomic mass is 10.1. The zero-order chi connectivity index (χ0) is 13.5. The summed E-state index contributed by atoms with van der Waals surface area (Å²) in [5.41, 5.74) is 1.49. The maximum absolute atomic E-state index is 11.8. The first-order valence-electron chi connectivity index (χ1n) is 5.97. The fourth-order valence-electron chi connectivity index (χ4n) is 1.67. The van der Waals surface area contributed by atoms with E-state index in [0.29, 0.717) is 5.56 Å². The van der Waals surface area contributed by atoms with E-state index in [-0.39, 0.29) is 5.78 Å². The van der Waals surface area contributed by atoms with Gasteiger partial charge < -0.3 is 10.1 Å². The monoisotopic (exact) mass is 253 g/mol. The van der Waals surface area contributed by atoms with Gasteiger partial charge in [0.25, 0.3) is 0 Å². The minimum absolute atomic E-state index is 0.0389. The van der Waals surface area contributed by atoms with Crippen LogP contribution in [0.25, 0.3) is 0 Å². The van der Waals surface area contributed by atoms with Crippen molar-refractivity contribution in [2.75, 3.05) is 12.4 Å². The number of nitrogens with one attached hydrogen (secondary N) is 1. The number of rotatable bonds is 5. The lowest BCUT2D eigenvalue weighted by Gasteiger charge is -2.06. The Morgan fingerprint density at radius 2 is 1.74 bits per heavy atom. The normalized spacial score (nSPS) is 10.4. The Kier molecular flexibility index (Phi) is 4.34. The maximum Gasteiger partial charge on any atom is 0.187 e. The summed E-state index contributed by atoms with van der Waals surface area (Å²) in [7, 11) is 1.61. The molecule has 0 fully saturated rings. The van der Waals surface area contributed by atoms with Gasteiger partial charge in [0, 0.05) is 17.8 Å². The SMILES string of the molecule is COc1ccccc1N/C=C/C(=O)c1ccccc1. The van der Waals surface area contributed by atoms with Crippen LogP contribution in [0.3, 0.4) is 0 Å². The van der Waals surface area contributed by atoms with E-state index in [2.05, 4.69) is 5.32 Å². The van der Waals surface area contributed by atoms with Gasteiger partial charge in [0.2, 0.25) is 0 Å².